The van der Waals surface area contributed by atoms with Gasteiger partial charge in [0.1, 0.15) is 0 Å². The molecule has 158 valence electrons. The van der Waals surface area contributed by atoms with E-state index in [0.717, 1.165) is 51.3 Å². The van der Waals surface area contributed by atoms with Crippen molar-refractivity contribution in [2.45, 2.75) is 32.0 Å². The third-order valence-electron chi connectivity index (χ3n) is 5.25. The molecule has 7 nitrogen and oxygen atoms in total. The summed E-state index contributed by atoms with van der Waals surface area (Å²) in [5, 5.41) is 8.62. The zero-order valence-corrected chi connectivity index (χ0v) is 17.0. The van der Waals surface area contributed by atoms with Crippen molar-refractivity contribution in [3.63, 3.8) is 0 Å². The van der Waals surface area contributed by atoms with Crippen LogP contribution in [0.3, 0.4) is 0 Å². The van der Waals surface area contributed by atoms with E-state index in [1.54, 1.807) is 24.3 Å². The van der Waals surface area contributed by atoms with Crippen LogP contribution in [-0.4, -0.2) is 49.2 Å². The molecule has 3 N–H and O–H groups in total. The van der Waals surface area contributed by atoms with Crippen LogP contribution in [0.4, 0.5) is 10.5 Å². The van der Waals surface area contributed by atoms with E-state index in [0.29, 0.717) is 17.8 Å². The summed E-state index contributed by atoms with van der Waals surface area (Å²) in [5.41, 5.74) is 3.42. The summed E-state index contributed by atoms with van der Waals surface area (Å²) >= 11 is 0. The lowest BCUT2D eigenvalue weighted by atomic mass is 10.1. The fourth-order valence-electron chi connectivity index (χ4n) is 3.46. The van der Waals surface area contributed by atoms with Gasteiger partial charge in [0, 0.05) is 43.5 Å². The predicted molar refractivity (Wildman–Crippen MR) is 115 cm³/mol. The van der Waals surface area contributed by atoms with E-state index in [1.165, 1.54) is 5.56 Å². The van der Waals surface area contributed by atoms with Crippen LogP contribution in [0.25, 0.3) is 0 Å². The smallest absolute Gasteiger partial charge is 0.319 e. The summed E-state index contributed by atoms with van der Waals surface area (Å²) in [6.45, 7) is 4.81. The van der Waals surface area contributed by atoms with E-state index in [9.17, 15) is 9.59 Å². The van der Waals surface area contributed by atoms with E-state index in [4.69, 9.17) is 4.74 Å². The number of ether oxygens (including phenoxy) is 1. The van der Waals surface area contributed by atoms with Crippen LogP contribution in [0.5, 0.6) is 0 Å². The van der Waals surface area contributed by atoms with Crippen molar-refractivity contribution < 1.29 is 14.3 Å². The summed E-state index contributed by atoms with van der Waals surface area (Å²) in [7, 11) is 0. The molecule has 1 aliphatic heterocycles. The third-order valence-corrected chi connectivity index (χ3v) is 5.25. The van der Waals surface area contributed by atoms with Crippen LogP contribution in [0.2, 0.25) is 0 Å². The number of anilines is 1. The SMILES string of the molecule is O=C(Nc1cccc(C(=O)NCc2cccc(CN3CCOCC3)c2)c1)NC1CC1. The molecule has 0 bridgehead atoms. The number of morpholine rings is 1. The molecule has 1 saturated heterocycles. The van der Waals surface area contributed by atoms with E-state index in [2.05, 4.69) is 33.0 Å². The molecule has 1 aliphatic carbocycles. The van der Waals surface area contributed by atoms with Gasteiger partial charge in [-0.15, -0.1) is 0 Å². The second-order valence-corrected chi connectivity index (χ2v) is 7.84. The summed E-state index contributed by atoms with van der Waals surface area (Å²) in [6.07, 6.45) is 2.06. The highest BCUT2D eigenvalue weighted by Crippen LogP contribution is 2.19. The molecular weight excluding hydrogens is 380 g/mol. The molecule has 0 atom stereocenters. The summed E-state index contributed by atoms with van der Waals surface area (Å²) in [6, 6.07) is 15.3. The molecule has 1 saturated carbocycles. The zero-order valence-electron chi connectivity index (χ0n) is 17.0. The van der Waals surface area contributed by atoms with Gasteiger partial charge in [-0.25, -0.2) is 4.79 Å². The molecule has 0 aromatic heterocycles. The molecule has 0 radical (unpaired) electrons. The molecule has 1 heterocycles. The minimum Gasteiger partial charge on any atom is -0.379 e. The van der Waals surface area contributed by atoms with Crippen molar-refractivity contribution in [3.8, 4) is 0 Å². The number of nitrogens with one attached hydrogen (secondary N) is 3. The van der Waals surface area contributed by atoms with E-state index in [-0.39, 0.29) is 18.0 Å². The maximum atomic E-state index is 12.6. The Morgan fingerprint density at radius 2 is 1.77 bits per heavy atom. The molecule has 0 unspecified atom stereocenters. The number of carbonyl (C=O) groups excluding carboxylic acids is 2. The first-order valence-corrected chi connectivity index (χ1v) is 10.5. The van der Waals surface area contributed by atoms with Crippen LogP contribution in [0.15, 0.2) is 48.5 Å². The van der Waals surface area contributed by atoms with Gasteiger partial charge in [0.15, 0.2) is 0 Å². The molecule has 2 aromatic rings. The van der Waals surface area contributed by atoms with Gasteiger partial charge in [-0.3, -0.25) is 9.69 Å². The highest BCUT2D eigenvalue weighted by molar-refractivity contribution is 5.96. The van der Waals surface area contributed by atoms with Crippen molar-refractivity contribution in [1.29, 1.82) is 0 Å². The van der Waals surface area contributed by atoms with E-state index >= 15 is 0 Å². The Bertz CT molecular complexity index is 892. The average molecular weight is 409 g/mol. The fourth-order valence-corrected chi connectivity index (χ4v) is 3.46. The normalized spacial score (nSPS) is 16.7. The standard InChI is InChI=1S/C23H28N4O3/c28-22(19-5-2-6-21(14-19)26-23(29)25-20-7-8-20)24-15-17-3-1-4-18(13-17)16-27-9-11-30-12-10-27/h1-6,13-14,20H,7-12,15-16H2,(H,24,28)(H2,25,26,29). The van der Waals surface area contributed by atoms with Gasteiger partial charge in [0.2, 0.25) is 0 Å². The Hall–Kier alpha value is -2.90. The lowest BCUT2D eigenvalue weighted by Gasteiger charge is -2.26. The predicted octanol–water partition coefficient (Wildman–Crippen LogP) is 2.73. The van der Waals surface area contributed by atoms with Gasteiger partial charge in [0.05, 0.1) is 13.2 Å². The topological polar surface area (TPSA) is 82.7 Å². The first kappa shape index (κ1) is 20.4. The Morgan fingerprint density at radius 3 is 2.57 bits per heavy atom. The highest BCUT2D eigenvalue weighted by atomic mass is 16.5. The van der Waals surface area contributed by atoms with Crippen LogP contribution in [0.1, 0.15) is 34.3 Å². The first-order valence-electron chi connectivity index (χ1n) is 10.5. The summed E-state index contributed by atoms with van der Waals surface area (Å²) < 4.78 is 5.40. The van der Waals surface area contributed by atoms with Crippen molar-refractivity contribution in [2.75, 3.05) is 31.6 Å². The van der Waals surface area contributed by atoms with Gasteiger partial charge in [-0.2, -0.15) is 0 Å². The molecule has 2 fully saturated rings. The third kappa shape index (κ3) is 6.05. The number of hydrogen-bond acceptors (Lipinski definition) is 4. The molecule has 0 spiro atoms. The number of rotatable bonds is 7. The zero-order chi connectivity index (χ0) is 20.8. The lowest BCUT2D eigenvalue weighted by Crippen LogP contribution is -2.35. The second-order valence-electron chi connectivity index (χ2n) is 7.84. The van der Waals surface area contributed by atoms with E-state index in [1.807, 2.05) is 12.1 Å². The Kier molecular flexibility index (Phi) is 6.61. The summed E-state index contributed by atoms with van der Waals surface area (Å²) in [4.78, 5) is 26.9. The van der Waals surface area contributed by atoms with Crippen molar-refractivity contribution in [1.82, 2.24) is 15.5 Å². The van der Waals surface area contributed by atoms with E-state index < -0.39 is 0 Å². The Balaban J connectivity index is 1.30. The molecule has 7 heteroatoms. The Labute approximate surface area is 176 Å². The molecule has 3 amide bonds. The minimum absolute atomic E-state index is 0.167. The number of benzene rings is 2. The van der Waals surface area contributed by atoms with Crippen LogP contribution in [-0.2, 0) is 17.8 Å². The quantitative estimate of drug-likeness (QED) is 0.658. The van der Waals surface area contributed by atoms with Crippen LogP contribution < -0.4 is 16.0 Å². The van der Waals surface area contributed by atoms with Crippen molar-refractivity contribution >= 4 is 17.6 Å². The number of hydrogen-bond donors (Lipinski definition) is 3. The molecule has 2 aromatic carbocycles. The van der Waals surface area contributed by atoms with Crippen molar-refractivity contribution in [2.24, 2.45) is 0 Å². The van der Waals surface area contributed by atoms with Gasteiger partial charge >= 0.3 is 6.03 Å². The van der Waals surface area contributed by atoms with Crippen LogP contribution >= 0.6 is 0 Å². The maximum Gasteiger partial charge on any atom is 0.319 e. The number of urea groups is 1. The van der Waals surface area contributed by atoms with Gasteiger partial charge < -0.3 is 20.7 Å². The fraction of sp³-hybridized carbons (Fsp3) is 0.391. The molecule has 30 heavy (non-hydrogen) atoms. The number of carbonyl (C=O) groups is 2. The maximum absolute atomic E-state index is 12.6. The number of nitrogens with zero attached hydrogens (tertiary/aromatic N) is 1. The van der Waals surface area contributed by atoms with Crippen molar-refractivity contribution in [3.05, 3.63) is 65.2 Å². The summed E-state index contributed by atoms with van der Waals surface area (Å²) in [5.74, 6) is -0.167. The molecule has 4 rings (SSSR count). The minimum atomic E-state index is -0.229. The first-order chi connectivity index (χ1) is 14.7. The Morgan fingerprint density at radius 1 is 1.00 bits per heavy atom. The second kappa shape index (κ2) is 9.73. The molecular formula is C23H28N4O3. The highest BCUT2D eigenvalue weighted by Gasteiger charge is 2.23. The van der Waals surface area contributed by atoms with Gasteiger partial charge in [-0.05, 0) is 42.2 Å². The largest absolute Gasteiger partial charge is 0.379 e. The average Bonchev–Trinajstić information content (AvgIpc) is 3.57. The number of amides is 3. The van der Waals surface area contributed by atoms with Crippen LogP contribution in [0, 0.1) is 0 Å². The van der Waals surface area contributed by atoms with Gasteiger partial charge in [-0.1, -0.05) is 30.3 Å². The lowest BCUT2D eigenvalue weighted by molar-refractivity contribution is 0.0342. The molecule has 2 aliphatic rings. The van der Waals surface area contributed by atoms with Gasteiger partial charge in [0.25, 0.3) is 5.91 Å². The monoisotopic (exact) mass is 408 g/mol.